The van der Waals surface area contributed by atoms with Gasteiger partial charge in [0.1, 0.15) is 0 Å². The average molecular weight is 216 g/mol. The second kappa shape index (κ2) is 6.17. The molecule has 0 aliphatic rings. The highest BCUT2D eigenvalue weighted by molar-refractivity contribution is 5.49. The summed E-state index contributed by atoms with van der Waals surface area (Å²) >= 11 is 0. The highest BCUT2D eigenvalue weighted by Crippen LogP contribution is 2.15. The predicted molar refractivity (Wildman–Crippen MR) is 68.3 cm³/mol. The fraction of sp³-hybridized carbons (Fsp3) is 0.500. The molecule has 2 unspecified atom stereocenters. The third-order valence-corrected chi connectivity index (χ3v) is 2.86. The van der Waals surface area contributed by atoms with Crippen molar-refractivity contribution >= 4 is 5.69 Å². The number of hydrogen-bond acceptors (Lipinski definition) is 2. The lowest BCUT2D eigenvalue weighted by Crippen LogP contribution is -2.18. The molecule has 0 saturated carbocycles. The lowest BCUT2D eigenvalue weighted by Gasteiger charge is -2.18. The summed E-state index contributed by atoms with van der Waals surface area (Å²) < 4.78 is 0. The predicted octanol–water partition coefficient (Wildman–Crippen LogP) is 3.79. The standard InChI is InChI=1S/C14H20N2/c1-4-11(2)8-12(3)16-14-7-5-6-13(9-14)10-15/h5-7,9,11-12,16H,4,8H2,1-3H3. The maximum atomic E-state index is 8.80. The van der Waals surface area contributed by atoms with Gasteiger partial charge in [-0.3, -0.25) is 0 Å². The Kier molecular flexibility index (Phi) is 4.85. The van der Waals surface area contributed by atoms with Crippen LogP contribution >= 0.6 is 0 Å². The van der Waals surface area contributed by atoms with Gasteiger partial charge >= 0.3 is 0 Å². The zero-order chi connectivity index (χ0) is 12.0. The van der Waals surface area contributed by atoms with Crippen molar-refractivity contribution in [3.05, 3.63) is 29.8 Å². The number of rotatable bonds is 5. The molecule has 0 heterocycles. The van der Waals surface area contributed by atoms with Crippen molar-refractivity contribution in [2.75, 3.05) is 5.32 Å². The number of hydrogen-bond donors (Lipinski definition) is 1. The van der Waals surface area contributed by atoms with Gasteiger partial charge in [-0.2, -0.15) is 5.26 Å². The first-order valence-corrected chi connectivity index (χ1v) is 5.92. The van der Waals surface area contributed by atoms with Gasteiger partial charge in [0, 0.05) is 11.7 Å². The van der Waals surface area contributed by atoms with Crippen molar-refractivity contribution < 1.29 is 0 Å². The summed E-state index contributed by atoms with van der Waals surface area (Å²) in [6.07, 6.45) is 2.37. The summed E-state index contributed by atoms with van der Waals surface area (Å²) in [6.45, 7) is 6.67. The topological polar surface area (TPSA) is 35.8 Å². The van der Waals surface area contributed by atoms with Crippen LogP contribution in [0.5, 0.6) is 0 Å². The number of benzene rings is 1. The van der Waals surface area contributed by atoms with Gasteiger partial charge in [-0.1, -0.05) is 26.3 Å². The Bertz CT molecular complexity index is 365. The largest absolute Gasteiger partial charge is 0.383 e. The molecule has 0 amide bonds. The molecule has 0 aromatic heterocycles. The minimum absolute atomic E-state index is 0.448. The maximum absolute atomic E-state index is 8.80. The second-order valence-corrected chi connectivity index (χ2v) is 4.49. The highest BCUT2D eigenvalue weighted by atomic mass is 14.9. The van der Waals surface area contributed by atoms with Crippen LogP contribution in [0.25, 0.3) is 0 Å². The molecule has 0 bridgehead atoms. The van der Waals surface area contributed by atoms with Crippen LogP contribution in [0.4, 0.5) is 5.69 Å². The van der Waals surface area contributed by atoms with E-state index >= 15 is 0 Å². The molecule has 0 saturated heterocycles. The minimum Gasteiger partial charge on any atom is -0.383 e. The molecule has 0 fully saturated rings. The smallest absolute Gasteiger partial charge is 0.0992 e. The molecule has 2 nitrogen and oxygen atoms in total. The third-order valence-electron chi connectivity index (χ3n) is 2.86. The first kappa shape index (κ1) is 12.6. The molecule has 2 atom stereocenters. The van der Waals surface area contributed by atoms with Crippen LogP contribution in [0, 0.1) is 17.2 Å². The Morgan fingerprint density at radius 1 is 1.38 bits per heavy atom. The number of anilines is 1. The summed E-state index contributed by atoms with van der Waals surface area (Å²) in [5, 5.41) is 12.2. The Balaban J connectivity index is 2.56. The van der Waals surface area contributed by atoms with Crippen LogP contribution in [0.15, 0.2) is 24.3 Å². The van der Waals surface area contributed by atoms with Gasteiger partial charge in [-0.15, -0.1) is 0 Å². The third kappa shape index (κ3) is 3.94. The molecule has 0 aliphatic heterocycles. The molecule has 2 heteroatoms. The first-order valence-electron chi connectivity index (χ1n) is 5.92. The van der Waals surface area contributed by atoms with Crippen molar-refractivity contribution in [2.24, 2.45) is 5.92 Å². The average Bonchev–Trinajstić information content (AvgIpc) is 2.28. The fourth-order valence-corrected chi connectivity index (χ4v) is 1.79. The van der Waals surface area contributed by atoms with Gasteiger partial charge in [0.25, 0.3) is 0 Å². The van der Waals surface area contributed by atoms with E-state index < -0.39 is 0 Å². The second-order valence-electron chi connectivity index (χ2n) is 4.49. The molecule has 1 aromatic rings. The minimum atomic E-state index is 0.448. The monoisotopic (exact) mass is 216 g/mol. The molecule has 86 valence electrons. The zero-order valence-corrected chi connectivity index (χ0v) is 10.3. The molecular weight excluding hydrogens is 196 g/mol. The van der Waals surface area contributed by atoms with Crippen molar-refractivity contribution in [1.82, 2.24) is 0 Å². The van der Waals surface area contributed by atoms with E-state index in [2.05, 4.69) is 32.2 Å². The molecule has 1 N–H and O–H groups in total. The molecule has 1 aromatic carbocycles. The highest BCUT2D eigenvalue weighted by Gasteiger charge is 2.06. The van der Waals surface area contributed by atoms with Crippen LogP contribution in [0.2, 0.25) is 0 Å². The normalized spacial score (nSPS) is 13.9. The molecule has 1 rings (SSSR count). The summed E-state index contributed by atoms with van der Waals surface area (Å²) in [7, 11) is 0. The van der Waals surface area contributed by atoms with E-state index in [4.69, 9.17) is 5.26 Å². The van der Waals surface area contributed by atoms with Crippen LogP contribution in [0.1, 0.15) is 39.2 Å². The zero-order valence-electron chi connectivity index (χ0n) is 10.3. The summed E-state index contributed by atoms with van der Waals surface area (Å²) in [6, 6.07) is 10.2. The van der Waals surface area contributed by atoms with Crippen LogP contribution in [-0.4, -0.2) is 6.04 Å². The van der Waals surface area contributed by atoms with Crippen LogP contribution < -0.4 is 5.32 Å². The van der Waals surface area contributed by atoms with Crippen molar-refractivity contribution in [3.8, 4) is 6.07 Å². The quantitative estimate of drug-likeness (QED) is 0.812. The van der Waals surface area contributed by atoms with E-state index in [0.29, 0.717) is 11.6 Å². The van der Waals surface area contributed by atoms with E-state index in [1.807, 2.05) is 24.3 Å². The maximum Gasteiger partial charge on any atom is 0.0992 e. The van der Waals surface area contributed by atoms with Crippen LogP contribution in [0.3, 0.4) is 0 Å². The Morgan fingerprint density at radius 3 is 2.75 bits per heavy atom. The van der Waals surface area contributed by atoms with E-state index in [0.717, 1.165) is 18.0 Å². The summed E-state index contributed by atoms with van der Waals surface area (Å²) in [4.78, 5) is 0. The van der Waals surface area contributed by atoms with Crippen molar-refractivity contribution in [2.45, 2.75) is 39.7 Å². The van der Waals surface area contributed by atoms with Crippen molar-refractivity contribution in [3.63, 3.8) is 0 Å². The van der Waals surface area contributed by atoms with E-state index in [9.17, 15) is 0 Å². The van der Waals surface area contributed by atoms with E-state index in [1.54, 1.807) is 0 Å². The van der Waals surface area contributed by atoms with Gasteiger partial charge in [0.05, 0.1) is 11.6 Å². The van der Waals surface area contributed by atoms with Crippen molar-refractivity contribution in [1.29, 1.82) is 5.26 Å². The van der Waals surface area contributed by atoms with E-state index in [-0.39, 0.29) is 0 Å². The lowest BCUT2D eigenvalue weighted by molar-refractivity contribution is 0.484. The summed E-state index contributed by atoms with van der Waals surface area (Å²) in [5.74, 6) is 0.738. The van der Waals surface area contributed by atoms with E-state index in [1.165, 1.54) is 6.42 Å². The Labute approximate surface area is 98.3 Å². The Hall–Kier alpha value is -1.49. The fourth-order valence-electron chi connectivity index (χ4n) is 1.79. The van der Waals surface area contributed by atoms with Crippen LogP contribution in [-0.2, 0) is 0 Å². The van der Waals surface area contributed by atoms with Gasteiger partial charge in [0.2, 0.25) is 0 Å². The number of nitriles is 1. The summed E-state index contributed by atoms with van der Waals surface area (Å²) in [5.41, 5.74) is 1.75. The number of nitrogens with zero attached hydrogens (tertiary/aromatic N) is 1. The van der Waals surface area contributed by atoms with Gasteiger partial charge in [0.15, 0.2) is 0 Å². The molecule has 16 heavy (non-hydrogen) atoms. The molecule has 0 radical (unpaired) electrons. The lowest BCUT2D eigenvalue weighted by atomic mass is 10.0. The first-order chi connectivity index (χ1) is 7.65. The molecule has 0 aliphatic carbocycles. The van der Waals surface area contributed by atoms with Gasteiger partial charge in [-0.25, -0.2) is 0 Å². The molecule has 0 spiro atoms. The Morgan fingerprint density at radius 2 is 2.12 bits per heavy atom. The SMILES string of the molecule is CCC(C)CC(C)Nc1cccc(C#N)c1. The number of nitrogens with one attached hydrogen (secondary N) is 1. The molecular formula is C14H20N2. The van der Waals surface area contributed by atoms with Gasteiger partial charge in [-0.05, 0) is 37.5 Å². The van der Waals surface area contributed by atoms with Gasteiger partial charge < -0.3 is 5.32 Å².